The number of aromatic nitrogens is 1. The van der Waals surface area contributed by atoms with E-state index in [9.17, 15) is 9.18 Å². The minimum absolute atomic E-state index is 0.121. The first-order valence-corrected chi connectivity index (χ1v) is 4.93. The SMILES string of the molecule is CC(C)(C)OC(=O)N(Cl)c1cncc(F)c1. The molecule has 1 aromatic heterocycles. The number of ether oxygens (including phenoxy) is 1. The van der Waals surface area contributed by atoms with Crippen LogP contribution in [0.1, 0.15) is 20.8 Å². The lowest BCUT2D eigenvalue weighted by molar-refractivity contribution is 0.0609. The Bertz CT molecular complexity index is 393. The number of anilines is 1. The predicted octanol–water partition coefficient (Wildman–Crippen LogP) is 3.12. The van der Waals surface area contributed by atoms with Gasteiger partial charge in [-0.05, 0) is 20.8 Å². The average Bonchev–Trinajstić information content (AvgIpc) is 2.14. The quantitative estimate of drug-likeness (QED) is 0.715. The van der Waals surface area contributed by atoms with Gasteiger partial charge in [0.05, 0.1) is 18.1 Å². The Balaban J connectivity index is 2.78. The summed E-state index contributed by atoms with van der Waals surface area (Å²) in [5, 5.41) is 0. The molecule has 0 radical (unpaired) electrons. The number of hydrogen-bond donors (Lipinski definition) is 0. The van der Waals surface area contributed by atoms with Gasteiger partial charge in [-0.2, -0.15) is 4.42 Å². The highest BCUT2D eigenvalue weighted by molar-refractivity contribution is 6.35. The van der Waals surface area contributed by atoms with Crippen LogP contribution in [0.5, 0.6) is 0 Å². The maximum Gasteiger partial charge on any atom is 0.429 e. The Kier molecular flexibility index (Phi) is 3.70. The van der Waals surface area contributed by atoms with Crippen LogP contribution in [0.3, 0.4) is 0 Å². The molecule has 6 heteroatoms. The van der Waals surface area contributed by atoms with Gasteiger partial charge in [0, 0.05) is 17.8 Å². The van der Waals surface area contributed by atoms with E-state index in [2.05, 4.69) is 4.98 Å². The zero-order valence-electron chi connectivity index (χ0n) is 9.20. The smallest absolute Gasteiger partial charge is 0.429 e. The molecule has 1 rings (SSSR count). The lowest BCUT2D eigenvalue weighted by atomic mass is 10.2. The summed E-state index contributed by atoms with van der Waals surface area (Å²) in [5.74, 6) is -0.577. The van der Waals surface area contributed by atoms with Gasteiger partial charge >= 0.3 is 6.09 Å². The van der Waals surface area contributed by atoms with Crippen LogP contribution in [0.4, 0.5) is 14.9 Å². The molecule has 0 N–H and O–H groups in total. The normalized spacial score (nSPS) is 11.1. The highest BCUT2D eigenvalue weighted by Crippen LogP contribution is 2.19. The van der Waals surface area contributed by atoms with E-state index >= 15 is 0 Å². The number of amides is 1. The van der Waals surface area contributed by atoms with Crippen LogP contribution in [0, 0.1) is 5.82 Å². The molecule has 0 aromatic carbocycles. The summed E-state index contributed by atoms with van der Waals surface area (Å²) in [4.78, 5) is 15.1. The molecule has 1 aromatic rings. The van der Waals surface area contributed by atoms with Gasteiger partial charge in [0.2, 0.25) is 0 Å². The van der Waals surface area contributed by atoms with E-state index < -0.39 is 17.5 Å². The fraction of sp³-hybridized carbons (Fsp3) is 0.400. The molecule has 0 aliphatic carbocycles. The van der Waals surface area contributed by atoms with Crippen LogP contribution in [0.2, 0.25) is 0 Å². The monoisotopic (exact) mass is 246 g/mol. The Hall–Kier alpha value is -1.36. The molecule has 0 bridgehead atoms. The highest BCUT2D eigenvalue weighted by Gasteiger charge is 2.22. The second kappa shape index (κ2) is 4.65. The molecular formula is C10H12ClFN2O2. The largest absolute Gasteiger partial charge is 0.443 e. The first-order chi connectivity index (χ1) is 7.29. The van der Waals surface area contributed by atoms with Gasteiger partial charge in [-0.25, -0.2) is 9.18 Å². The van der Waals surface area contributed by atoms with Gasteiger partial charge in [-0.15, -0.1) is 0 Å². The first-order valence-electron chi connectivity index (χ1n) is 4.59. The van der Waals surface area contributed by atoms with Gasteiger partial charge in [0.15, 0.2) is 0 Å². The Morgan fingerprint density at radius 2 is 2.12 bits per heavy atom. The van der Waals surface area contributed by atoms with Crippen molar-refractivity contribution in [1.29, 1.82) is 0 Å². The minimum atomic E-state index is -0.776. The molecule has 0 saturated heterocycles. The topological polar surface area (TPSA) is 42.4 Å². The molecule has 1 heterocycles. The molecule has 0 aliphatic heterocycles. The van der Waals surface area contributed by atoms with Crippen molar-refractivity contribution in [3.8, 4) is 0 Å². The van der Waals surface area contributed by atoms with Gasteiger partial charge in [-0.1, -0.05) is 0 Å². The molecule has 0 aliphatic rings. The number of carbonyl (C=O) groups excluding carboxylic acids is 1. The summed E-state index contributed by atoms with van der Waals surface area (Å²) in [6.45, 7) is 5.12. The molecule has 0 saturated carbocycles. The summed E-state index contributed by atoms with van der Waals surface area (Å²) < 4.78 is 18.5. The predicted molar refractivity (Wildman–Crippen MR) is 58.8 cm³/mol. The maximum atomic E-state index is 12.8. The van der Waals surface area contributed by atoms with Crippen LogP contribution in [-0.4, -0.2) is 16.7 Å². The van der Waals surface area contributed by atoms with Crippen LogP contribution < -0.4 is 4.42 Å². The second-order valence-corrected chi connectivity index (χ2v) is 4.46. The van der Waals surface area contributed by atoms with Crippen molar-refractivity contribution < 1.29 is 13.9 Å². The summed E-state index contributed by atoms with van der Waals surface area (Å²) >= 11 is 5.69. The van der Waals surface area contributed by atoms with Crippen LogP contribution in [-0.2, 0) is 4.74 Å². The van der Waals surface area contributed by atoms with Crippen molar-refractivity contribution in [3.05, 3.63) is 24.3 Å². The van der Waals surface area contributed by atoms with Gasteiger partial charge < -0.3 is 4.74 Å². The van der Waals surface area contributed by atoms with E-state index in [0.29, 0.717) is 4.42 Å². The molecular weight excluding hydrogens is 235 g/mol. The van der Waals surface area contributed by atoms with Crippen molar-refractivity contribution in [2.45, 2.75) is 26.4 Å². The van der Waals surface area contributed by atoms with Gasteiger partial charge in [-0.3, -0.25) is 4.98 Å². The van der Waals surface area contributed by atoms with Crippen LogP contribution >= 0.6 is 11.8 Å². The second-order valence-electron chi connectivity index (χ2n) is 4.12. The number of carbonyl (C=O) groups is 1. The molecule has 1 amide bonds. The highest BCUT2D eigenvalue weighted by atomic mass is 35.5. The van der Waals surface area contributed by atoms with Crippen molar-refractivity contribution >= 4 is 23.6 Å². The van der Waals surface area contributed by atoms with Crippen LogP contribution in [0.25, 0.3) is 0 Å². The fourth-order valence-electron chi connectivity index (χ4n) is 0.915. The van der Waals surface area contributed by atoms with Crippen molar-refractivity contribution in [1.82, 2.24) is 4.98 Å². The number of rotatable bonds is 1. The van der Waals surface area contributed by atoms with E-state index in [4.69, 9.17) is 16.5 Å². The third-order valence-corrected chi connectivity index (χ3v) is 1.80. The standard InChI is InChI=1S/C10H12ClFN2O2/c1-10(2,3)16-9(15)14(11)8-4-7(12)5-13-6-8/h4-6H,1-3H3. The van der Waals surface area contributed by atoms with E-state index in [1.165, 1.54) is 6.20 Å². The summed E-state index contributed by atoms with van der Waals surface area (Å²) in [5.41, 5.74) is -0.541. The Labute approximate surface area is 98.1 Å². The van der Waals surface area contributed by atoms with E-state index in [0.717, 1.165) is 12.3 Å². The molecule has 88 valence electrons. The van der Waals surface area contributed by atoms with Gasteiger partial charge in [0.1, 0.15) is 11.4 Å². The molecule has 0 spiro atoms. The lowest BCUT2D eigenvalue weighted by Crippen LogP contribution is -2.31. The molecule has 0 atom stereocenters. The van der Waals surface area contributed by atoms with Crippen LogP contribution in [0.15, 0.2) is 18.5 Å². The Morgan fingerprint density at radius 1 is 1.50 bits per heavy atom. The van der Waals surface area contributed by atoms with Crippen molar-refractivity contribution in [2.75, 3.05) is 4.42 Å². The average molecular weight is 247 g/mol. The number of nitrogens with zero attached hydrogens (tertiary/aromatic N) is 2. The number of halogens is 2. The molecule has 4 nitrogen and oxygen atoms in total. The summed E-state index contributed by atoms with van der Waals surface area (Å²) in [6.07, 6.45) is 1.50. The van der Waals surface area contributed by atoms with E-state index in [1.54, 1.807) is 20.8 Å². The third-order valence-electron chi connectivity index (χ3n) is 1.47. The van der Waals surface area contributed by atoms with E-state index in [1.807, 2.05) is 0 Å². The fourth-order valence-corrected chi connectivity index (χ4v) is 1.04. The molecule has 16 heavy (non-hydrogen) atoms. The number of pyridine rings is 1. The first kappa shape index (κ1) is 12.7. The molecule has 0 unspecified atom stereocenters. The Morgan fingerprint density at radius 3 is 2.62 bits per heavy atom. The van der Waals surface area contributed by atoms with E-state index in [-0.39, 0.29) is 5.69 Å². The third kappa shape index (κ3) is 3.66. The zero-order chi connectivity index (χ0) is 12.3. The molecule has 0 fully saturated rings. The maximum absolute atomic E-state index is 12.8. The summed E-state index contributed by atoms with van der Waals surface area (Å²) in [7, 11) is 0. The van der Waals surface area contributed by atoms with Gasteiger partial charge in [0.25, 0.3) is 0 Å². The van der Waals surface area contributed by atoms with Crippen molar-refractivity contribution in [2.24, 2.45) is 0 Å². The summed E-state index contributed by atoms with van der Waals surface area (Å²) in [6, 6.07) is 1.09. The minimum Gasteiger partial charge on any atom is -0.443 e. The van der Waals surface area contributed by atoms with Crippen molar-refractivity contribution in [3.63, 3.8) is 0 Å². The zero-order valence-corrected chi connectivity index (χ0v) is 9.95. The number of hydrogen-bond acceptors (Lipinski definition) is 3. The lowest BCUT2D eigenvalue weighted by Gasteiger charge is -2.22.